The van der Waals surface area contributed by atoms with Gasteiger partial charge in [-0.05, 0) is 37.3 Å². The molecule has 1 heterocycles. The molecule has 1 aromatic carbocycles. The highest BCUT2D eigenvalue weighted by Gasteiger charge is 2.41. The van der Waals surface area contributed by atoms with Crippen LogP contribution in [0.3, 0.4) is 0 Å². The summed E-state index contributed by atoms with van der Waals surface area (Å²) in [4.78, 5) is 15.0. The van der Waals surface area contributed by atoms with Gasteiger partial charge in [0.25, 0.3) is 0 Å². The van der Waals surface area contributed by atoms with E-state index in [1.165, 1.54) is 11.1 Å². The van der Waals surface area contributed by atoms with Crippen molar-refractivity contribution in [2.45, 2.75) is 31.6 Å². The second-order valence-corrected chi connectivity index (χ2v) is 5.89. The van der Waals surface area contributed by atoms with E-state index in [0.29, 0.717) is 5.91 Å². The van der Waals surface area contributed by atoms with Crippen LogP contribution in [0.4, 0.5) is 0 Å². The first kappa shape index (κ1) is 15.3. The highest BCUT2D eigenvalue weighted by molar-refractivity contribution is 5.88. The molecule has 1 amide bonds. The molecule has 2 aliphatic rings. The number of amides is 1. The summed E-state index contributed by atoms with van der Waals surface area (Å²) in [6.45, 7) is 5.66. The van der Waals surface area contributed by atoms with E-state index >= 15 is 0 Å². The molecule has 1 atom stereocenters. The Kier molecular flexibility index (Phi) is 4.71. The molecular weight excluding hydrogens is 272 g/mol. The van der Waals surface area contributed by atoms with Crippen molar-refractivity contribution in [2.75, 3.05) is 26.2 Å². The number of piperazine rings is 1. The average molecular weight is 295 g/mol. The van der Waals surface area contributed by atoms with Gasteiger partial charge in [0.05, 0.1) is 5.41 Å². The minimum Gasteiger partial charge on any atom is -0.339 e. The van der Waals surface area contributed by atoms with Crippen LogP contribution in [0.15, 0.2) is 24.3 Å². The molecule has 3 rings (SSSR count). The summed E-state index contributed by atoms with van der Waals surface area (Å²) in [7, 11) is 0. The predicted molar refractivity (Wildman–Crippen MR) is 83.4 cm³/mol. The van der Waals surface area contributed by atoms with Gasteiger partial charge in [0.1, 0.15) is 0 Å². The monoisotopic (exact) mass is 294 g/mol. The highest BCUT2D eigenvalue weighted by atomic mass is 35.5. The Bertz CT molecular complexity index is 485. The molecule has 1 saturated heterocycles. The zero-order valence-electron chi connectivity index (χ0n) is 12.0. The predicted octanol–water partition coefficient (Wildman–Crippen LogP) is 2.13. The van der Waals surface area contributed by atoms with E-state index in [4.69, 9.17) is 0 Å². The first-order valence-electron chi connectivity index (χ1n) is 7.30. The van der Waals surface area contributed by atoms with E-state index in [0.717, 1.165) is 45.4 Å². The molecule has 3 nitrogen and oxygen atoms in total. The second-order valence-electron chi connectivity index (χ2n) is 5.89. The Morgan fingerprint density at radius 2 is 1.95 bits per heavy atom. The van der Waals surface area contributed by atoms with Gasteiger partial charge in [-0.15, -0.1) is 12.4 Å². The number of benzene rings is 1. The van der Waals surface area contributed by atoms with Gasteiger partial charge in [0.15, 0.2) is 0 Å². The third-order valence-corrected chi connectivity index (χ3v) is 4.61. The topological polar surface area (TPSA) is 32.3 Å². The lowest BCUT2D eigenvalue weighted by Crippen LogP contribution is -2.53. The summed E-state index contributed by atoms with van der Waals surface area (Å²) in [5, 5.41) is 3.31. The summed E-state index contributed by atoms with van der Waals surface area (Å²) < 4.78 is 0. The molecule has 0 spiro atoms. The Morgan fingerprint density at radius 1 is 1.25 bits per heavy atom. The number of carbonyl (C=O) groups is 1. The number of aryl methyl sites for hydroxylation is 1. The maximum atomic E-state index is 12.9. The van der Waals surface area contributed by atoms with Crippen LogP contribution in [0.5, 0.6) is 0 Å². The van der Waals surface area contributed by atoms with Crippen LogP contribution in [-0.4, -0.2) is 37.0 Å². The molecule has 1 aromatic rings. The van der Waals surface area contributed by atoms with Gasteiger partial charge in [0, 0.05) is 26.2 Å². The molecule has 0 bridgehead atoms. The molecule has 1 fully saturated rings. The van der Waals surface area contributed by atoms with Gasteiger partial charge in [-0.3, -0.25) is 4.79 Å². The van der Waals surface area contributed by atoms with E-state index in [1.807, 2.05) is 4.90 Å². The molecule has 1 N–H and O–H groups in total. The molecular formula is C16H23ClN2O. The summed E-state index contributed by atoms with van der Waals surface area (Å²) in [6, 6.07) is 8.47. The van der Waals surface area contributed by atoms with Gasteiger partial charge >= 0.3 is 0 Å². The molecule has 1 aliphatic heterocycles. The summed E-state index contributed by atoms with van der Waals surface area (Å²) >= 11 is 0. The number of carbonyl (C=O) groups excluding carboxylic acids is 1. The van der Waals surface area contributed by atoms with Gasteiger partial charge in [-0.25, -0.2) is 0 Å². The first-order chi connectivity index (χ1) is 9.22. The Balaban J connectivity index is 0.00000147. The highest BCUT2D eigenvalue weighted by Crippen LogP contribution is 2.38. The third kappa shape index (κ3) is 2.57. The summed E-state index contributed by atoms with van der Waals surface area (Å²) in [5.41, 5.74) is 2.30. The number of halogens is 1. The van der Waals surface area contributed by atoms with Crippen molar-refractivity contribution in [2.24, 2.45) is 0 Å². The fourth-order valence-corrected chi connectivity index (χ4v) is 3.48. The van der Waals surface area contributed by atoms with E-state index < -0.39 is 0 Å². The van der Waals surface area contributed by atoms with Crippen LogP contribution < -0.4 is 5.32 Å². The third-order valence-electron chi connectivity index (χ3n) is 4.61. The van der Waals surface area contributed by atoms with E-state index in [1.54, 1.807) is 0 Å². The number of nitrogens with one attached hydrogen (secondary N) is 1. The fraction of sp³-hybridized carbons (Fsp3) is 0.562. The number of fused-ring (bicyclic) bond motifs is 1. The van der Waals surface area contributed by atoms with Crippen LogP contribution in [0.2, 0.25) is 0 Å². The standard InChI is InChI=1S/C16H22N2O.ClH/c1-16(15(19)18-11-9-17-10-12-18)8-4-6-13-5-2-3-7-14(13)16;/h2-3,5,7,17H,4,6,8-12H2,1H3;1H. The molecule has 0 radical (unpaired) electrons. The SMILES string of the molecule is CC1(C(=O)N2CCNCC2)CCCc2ccccc21.Cl. The van der Waals surface area contributed by atoms with Gasteiger partial charge in [-0.2, -0.15) is 0 Å². The van der Waals surface area contributed by atoms with Gasteiger partial charge in [-0.1, -0.05) is 24.3 Å². The van der Waals surface area contributed by atoms with Gasteiger partial charge < -0.3 is 10.2 Å². The molecule has 0 aromatic heterocycles. The van der Waals surface area contributed by atoms with E-state index in [2.05, 4.69) is 36.5 Å². The largest absolute Gasteiger partial charge is 0.339 e. The van der Waals surface area contributed by atoms with Crippen molar-refractivity contribution in [3.05, 3.63) is 35.4 Å². The van der Waals surface area contributed by atoms with Crippen LogP contribution in [-0.2, 0) is 16.6 Å². The lowest BCUT2D eigenvalue weighted by Gasteiger charge is -2.40. The lowest BCUT2D eigenvalue weighted by molar-refractivity contribution is -0.138. The van der Waals surface area contributed by atoms with Crippen molar-refractivity contribution >= 4 is 18.3 Å². The maximum absolute atomic E-state index is 12.9. The minimum absolute atomic E-state index is 0. The molecule has 20 heavy (non-hydrogen) atoms. The number of rotatable bonds is 1. The number of hydrogen-bond acceptors (Lipinski definition) is 2. The Hall–Kier alpha value is -1.06. The zero-order chi connectivity index (χ0) is 13.3. The van der Waals surface area contributed by atoms with Crippen LogP contribution in [0.25, 0.3) is 0 Å². The quantitative estimate of drug-likeness (QED) is 0.861. The minimum atomic E-state index is -0.313. The van der Waals surface area contributed by atoms with Crippen LogP contribution >= 0.6 is 12.4 Å². The zero-order valence-corrected chi connectivity index (χ0v) is 12.8. The van der Waals surface area contributed by atoms with Crippen LogP contribution in [0.1, 0.15) is 30.9 Å². The molecule has 1 aliphatic carbocycles. The Labute approximate surface area is 127 Å². The maximum Gasteiger partial charge on any atom is 0.233 e. The van der Waals surface area contributed by atoms with Crippen molar-refractivity contribution in [1.82, 2.24) is 10.2 Å². The van der Waals surface area contributed by atoms with E-state index in [-0.39, 0.29) is 17.8 Å². The van der Waals surface area contributed by atoms with E-state index in [9.17, 15) is 4.79 Å². The fourth-order valence-electron chi connectivity index (χ4n) is 3.48. The number of hydrogen-bond donors (Lipinski definition) is 1. The average Bonchev–Trinajstić information content (AvgIpc) is 2.48. The van der Waals surface area contributed by atoms with Crippen molar-refractivity contribution in [3.63, 3.8) is 0 Å². The van der Waals surface area contributed by atoms with Crippen molar-refractivity contribution < 1.29 is 4.79 Å². The number of nitrogens with zero attached hydrogens (tertiary/aromatic N) is 1. The smallest absolute Gasteiger partial charge is 0.233 e. The molecule has 0 saturated carbocycles. The van der Waals surface area contributed by atoms with Gasteiger partial charge in [0.2, 0.25) is 5.91 Å². The Morgan fingerprint density at radius 3 is 2.70 bits per heavy atom. The normalized spacial score (nSPS) is 25.6. The molecule has 110 valence electrons. The molecule has 4 heteroatoms. The lowest BCUT2D eigenvalue weighted by atomic mass is 9.70. The van der Waals surface area contributed by atoms with Crippen LogP contribution in [0, 0.1) is 0 Å². The van der Waals surface area contributed by atoms with Crippen molar-refractivity contribution in [3.8, 4) is 0 Å². The first-order valence-corrected chi connectivity index (χ1v) is 7.30. The summed E-state index contributed by atoms with van der Waals surface area (Å²) in [5.74, 6) is 0.321. The molecule has 1 unspecified atom stereocenters. The summed E-state index contributed by atoms with van der Waals surface area (Å²) in [6.07, 6.45) is 3.21. The second kappa shape index (κ2) is 6.15. The van der Waals surface area contributed by atoms with Crippen molar-refractivity contribution in [1.29, 1.82) is 0 Å².